The number of anilines is 2. The third-order valence-corrected chi connectivity index (χ3v) is 8.90. The van der Waals surface area contributed by atoms with Gasteiger partial charge in [0.25, 0.3) is 5.91 Å². The Labute approximate surface area is 254 Å². The van der Waals surface area contributed by atoms with Gasteiger partial charge in [0.05, 0.1) is 35.7 Å². The number of hydrogen-bond donors (Lipinski definition) is 2. The van der Waals surface area contributed by atoms with Gasteiger partial charge in [-0.1, -0.05) is 19.0 Å². The van der Waals surface area contributed by atoms with Gasteiger partial charge in [0.15, 0.2) is 0 Å². The summed E-state index contributed by atoms with van der Waals surface area (Å²) in [6.07, 6.45) is -2.74. The van der Waals surface area contributed by atoms with Crippen LogP contribution in [0.5, 0.6) is 11.6 Å². The topological polar surface area (TPSA) is 129 Å². The van der Waals surface area contributed by atoms with Gasteiger partial charge in [-0.25, -0.2) is 18.4 Å². The summed E-state index contributed by atoms with van der Waals surface area (Å²) in [5.41, 5.74) is 1.94. The number of halogens is 4. The van der Waals surface area contributed by atoms with Crippen molar-refractivity contribution in [1.29, 1.82) is 0 Å². The number of sulfonamides is 1. The van der Waals surface area contributed by atoms with Crippen LogP contribution in [0.1, 0.15) is 42.6 Å². The Hall–Kier alpha value is -2.92. The summed E-state index contributed by atoms with van der Waals surface area (Å²) in [6, 6.07) is 2.13. The lowest BCUT2D eigenvalue weighted by atomic mass is 10.1. The van der Waals surface area contributed by atoms with Crippen molar-refractivity contribution in [3.05, 3.63) is 34.5 Å². The first-order valence-corrected chi connectivity index (χ1v) is 15.3. The van der Waals surface area contributed by atoms with Crippen LogP contribution >= 0.6 is 11.6 Å². The summed E-state index contributed by atoms with van der Waals surface area (Å²) < 4.78 is 77.9. The normalized spacial score (nSPS) is 20.0. The molecule has 4 rings (SSSR count). The molecule has 1 saturated heterocycles. The van der Waals surface area contributed by atoms with E-state index in [1.54, 1.807) is 5.01 Å². The third-order valence-electron chi connectivity index (χ3n) is 7.27. The lowest BCUT2D eigenvalue weighted by Crippen LogP contribution is -2.52. The smallest absolute Gasteiger partial charge is 0.423 e. The molecule has 17 heteroatoms. The number of carbonyl (C=O) groups is 1. The van der Waals surface area contributed by atoms with Crippen LogP contribution in [0.2, 0.25) is 5.02 Å². The van der Waals surface area contributed by atoms with E-state index >= 15 is 0 Å². The first-order valence-electron chi connectivity index (χ1n) is 13.1. The lowest BCUT2D eigenvalue weighted by Gasteiger charge is -2.32. The van der Waals surface area contributed by atoms with Crippen LogP contribution in [0.25, 0.3) is 0 Å². The van der Waals surface area contributed by atoms with Crippen LogP contribution in [-0.2, 0) is 16.2 Å². The number of methoxy groups -OCH3 is 1. The van der Waals surface area contributed by atoms with E-state index in [1.807, 2.05) is 7.05 Å². The highest BCUT2D eigenvalue weighted by molar-refractivity contribution is 7.88. The Balaban J connectivity index is 0.00000506. The fraction of sp³-hybridized carbons (Fsp3) is 0.577. The molecule has 0 unspecified atom stereocenters. The van der Waals surface area contributed by atoms with Crippen molar-refractivity contribution in [3.8, 4) is 11.6 Å². The molecule has 2 heterocycles. The van der Waals surface area contributed by atoms with Gasteiger partial charge in [0, 0.05) is 39.4 Å². The second-order valence-electron chi connectivity index (χ2n) is 10.2. The SMILES string of the molecule is C.COc1cc(C(=O)NN2CCN(C)CC2)c(Cl)cc1Nc1ncc(C(F)(F)F)c(O[C@@H]2CCC[C@H]2N(C)S(C)(=O)=O)n1. The maximum Gasteiger partial charge on any atom is 0.423 e. The van der Waals surface area contributed by atoms with Gasteiger partial charge < -0.3 is 19.7 Å². The number of nitrogens with zero attached hydrogens (tertiary/aromatic N) is 5. The van der Waals surface area contributed by atoms with Crippen molar-refractivity contribution in [2.24, 2.45) is 0 Å². The van der Waals surface area contributed by atoms with Crippen LogP contribution in [0.3, 0.4) is 0 Å². The first-order chi connectivity index (χ1) is 19.7. The highest BCUT2D eigenvalue weighted by Gasteiger charge is 2.40. The van der Waals surface area contributed by atoms with Gasteiger partial charge in [0.1, 0.15) is 17.4 Å². The van der Waals surface area contributed by atoms with Gasteiger partial charge in [-0.3, -0.25) is 10.2 Å². The van der Waals surface area contributed by atoms with Crippen molar-refractivity contribution in [2.75, 3.05) is 59.0 Å². The van der Waals surface area contributed by atoms with Crippen LogP contribution < -0.4 is 20.2 Å². The molecule has 2 aromatic rings. The molecule has 240 valence electrons. The average molecular weight is 652 g/mol. The number of hydrazine groups is 1. The monoisotopic (exact) mass is 651 g/mol. The third kappa shape index (κ3) is 8.38. The summed E-state index contributed by atoms with van der Waals surface area (Å²) in [5, 5.41) is 4.64. The molecule has 0 bridgehead atoms. The Bertz CT molecular complexity index is 1410. The van der Waals surface area contributed by atoms with Crippen molar-refractivity contribution < 1.29 is 35.9 Å². The largest absolute Gasteiger partial charge is 0.495 e. The number of aromatic nitrogens is 2. The second-order valence-corrected chi connectivity index (χ2v) is 12.7. The van der Waals surface area contributed by atoms with Gasteiger partial charge in [-0.05, 0) is 38.4 Å². The summed E-state index contributed by atoms with van der Waals surface area (Å²) >= 11 is 6.42. The molecule has 2 N–H and O–H groups in total. The molecular formula is C26H37ClF3N7O5S. The van der Waals surface area contributed by atoms with Crippen LogP contribution in [-0.4, -0.2) is 104 Å². The number of alkyl halides is 3. The zero-order chi connectivity index (χ0) is 30.8. The quantitative estimate of drug-likeness (QED) is 0.415. The predicted octanol–water partition coefficient (Wildman–Crippen LogP) is 3.62. The minimum absolute atomic E-state index is 0. The molecule has 1 aliphatic heterocycles. The minimum atomic E-state index is -4.83. The van der Waals surface area contributed by atoms with Crippen molar-refractivity contribution in [1.82, 2.24) is 29.6 Å². The van der Waals surface area contributed by atoms with Crippen molar-refractivity contribution >= 4 is 39.2 Å². The summed E-state index contributed by atoms with van der Waals surface area (Å²) in [7, 11) is 1.11. The van der Waals surface area contributed by atoms with E-state index in [4.69, 9.17) is 21.1 Å². The van der Waals surface area contributed by atoms with Crippen LogP contribution in [0.4, 0.5) is 24.8 Å². The molecule has 1 saturated carbocycles. The average Bonchev–Trinajstić information content (AvgIpc) is 3.36. The fourth-order valence-electron chi connectivity index (χ4n) is 4.80. The Morgan fingerprint density at radius 2 is 1.86 bits per heavy atom. The molecule has 2 atom stereocenters. The van der Waals surface area contributed by atoms with E-state index in [1.165, 1.54) is 26.3 Å². The van der Waals surface area contributed by atoms with E-state index in [0.717, 1.165) is 23.7 Å². The molecule has 43 heavy (non-hydrogen) atoms. The van der Waals surface area contributed by atoms with Gasteiger partial charge in [-0.2, -0.15) is 22.5 Å². The van der Waals surface area contributed by atoms with E-state index in [9.17, 15) is 26.4 Å². The molecule has 12 nitrogen and oxygen atoms in total. The van der Waals surface area contributed by atoms with Crippen molar-refractivity contribution in [3.63, 3.8) is 0 Å². The molecule has 1 amide bonds. The molecule has 1 aliphatic carbocycles. The molecule has 2 aliphatic rings. The Kier molecular flexibility index (Phi) is 11.1. The lowest BCUT2D eigenvalue weighted by molar-refractivity contribution is -0.140. The molecule has 1 aromatic carbocycles. The summed E-state index contributed by atoms with van der Waals surface area (Å²) in [6.45, 7) is 2.85. The number of benzene rings is 1. The highest BCUT2D eigenvalue weighted by Crippen LogP contribution is 2.39. The Morgan fingerprint density at radius 3 is 2.47 bits per heavy atom. The molecule has 2 fully saturated rings. The maximum atomic E-state index is 13.8. The number of carbonyl (C=O) groups excluding carboxylic acids is 1. The van der Waals surface area contributed by atoms with E-state index in [-0.39, 0.29) is 35.4 Å². The zero-order valence-corrected chi connectivity index (χ0v) is 25.1. The summed E-state index contributed by atoms with van der Waals surface area (Å²) in [4.78, 5) is 22.8. The minimum Gasteiger partial charge on any atom is -0.495 e. The first kappa shape index (κ1) is 34.6. The molecular weight excluding hydrogens is 615 g/mol. The maximum absolute atomic E-state index is 13.8. The molecule has 1 aromatic heterocycles. The number of nitrogens with one attached hydrogen (secondary N) is 2. The molecule has 0 spiro atoms. The number of hydrogen-bond acceptors (Lipinski definition) is 10. The number of rotatable bonds is 9. The molecule has 0 radical (unpaired) electrons. The van der Waals surface area contributed by atoms with Gasteiger partial charge in [-0.15, -0.1) is 0 Å². The fourth-order valence-corrected chi connectivity index (χ4v) is 5.78. The standard InChI is InChI=1S/C25H33ClF3N7O5S.CH4/c1-34-8-10-36(11-9-34)33-22(37)15-12-21(40-3)18(13-17(15)26)31-24-30-14-16(25(27,28)29)23(32-24)41-20-7-5-6-19(20)35(2)42(4,38)39;/h12-14,19-20H,5-11H2,1-4H3,(H,33,37)(H,30,31,32);1H4/t19-,20-;/m1./s1. The number of likely N-dealkylation sites (N-methyl/N-ethyl adjacent to an activating group) is 2. The van der Waals surface area contributed by atoms with E-state index < -0.39 is 45.7 Å². The van der Waals surface area contributed by atoms with Crippen LogP contribution in [0.15, 0.2) is 18.3 Å². The van der Waals surface area contributed by atoms with Crippen LogP contribution in [0, 0.1) is 0 Å². The second kappa shape index (κ2) is 13.8. The highest BCUT2D eigenvalue weighted by atomic mass is 35.5. The zero-order valence-electron chi connectivity index (χ0n) is 23.5. The van der Waals surface area contributed by atoms with E-state index in [2.05, 4.69) is 25.6 Å². The number of piperazine rings is 1. The summed E-state index contributed by atoms with van der Waals surface area (Å²) in [5.74, 6) is -1.28. The van der Waals surface area contributed by atoms with E-state index in [0.29, 0.717) is 38.5 Å². The Morgan fingerprint density at radius 1 is 1.19 bits per heavy atom. The van der Waals surface area contributed by atoms with Crippen molar-refractivity contribution in [2.45, 2.75) is 45.0 Å². The number of amides is 1. The van der Waals surface area contributed by atoms with Gasteiger partial charge >= 0.3 is 6.18 Å². The predicted molar refractivity (Wildman–Crippen MR) is 156 cm³/mol. The van der Waals surface area contributed by atoms with Gasteiger partial charge in [0.2, 0.25) is 21.9 Å². The number of ether oxygens (including phenoxy) is 2.